The summed E-state index contributed by atoms with van der Waals surface area (Å²) >= 11 is 0. The summed E-state index contributed by atoms with van der Waals surface area (Å²) in [5.41, 5.74) is 1.92. The number of benzene rings is 1. The zero-order valence-corrected chi connectivity index (χ0v) is 17.5. The Hall–Kier alpha value is -2.50. The van der Waals surface area contributed by atoms with Gasteiger partial charge in [0.15, 0.2) is 0 Å². The molecule has 0 bridgehead atoms. The largest absolute Gasteiger partial charge is 0.496 e. The summed E-state index contributed by atoms with van der Waals surface area (Å²) in [6, 6.07) is 5.32. The average molecular weight is 401 g/mol. The Balaban J connectivity index is 1.50. The van der Waals surface area contributed by atoms with Gasteiger partial charge in [0.25, 0.3) is 5.91 Å². The van der Waals surface area contributed by atoms with Crippen LogP contribution in [0.25, 0.3) is 0 Å². The molecule has 1 aliphatic carbocycles. The number of carbonyl (C=O) groups excluding carboxylic acids is 2. The summed E-state index contributed by atoms with van der Waals surface area (Å²) in [5, 5.41) is 3.09. The number of hydrogen-bond acceptors (Lipinski definition) is 4. The highest BCUT2D eigenvalue weighted by Gasteiger charge is 2.30. The maximum Gasteiger partial charge on any atom is 0.261 e. The Morgan fingerprint density at radius 2 is 1.79 bits per heavy atom. The van der Waals surface area contributed by atoms with E-state index in [1.807, 2.05) is 0 Å². The fourth-order valence-corrected chi connectivity index (χ4v) is 4.19. The van der Waals surface area contributed by atoms with Crippen LogP contribution in [0.4, 0.5) is 0 Å². The lowest BCUT2D eigenvalue weighted by Gasteiger charge is -2.32. The fourth-order valence-electron chi connectivity index (χ4n) is 4.19. The summed E-state index contributed by atoms with van der Waals surface area (Å²) in [6.07, 6.45) is 9.53. The van der Waals surface area contributed by atoms with E-state index in [0.29, 0.717) is 49.5 Å². The van der Waals surface area contributed by atoms with Crippen LogP contribution in [0.15, 0.2) is 29.8 Å². The van der Waals surface area contributed by atoms with Crippen molar-refractivity contribution in [2.24, 2.45) is 5.92 Å². The molecule has 1 saturated heterocycles. The van der Waals surface area contributed by atoms with Crippen molar-refractivity contribution in [1.29, 1.82) is 0 Å². The van der Waals surface area contributed by atoms with Gasteiger partial charge in [0.1, 0.15) is 17.1 Å². The van der Waals surface area contributed by atoms with Crippen molar-refractivity contribution >= 4 is 11.8 Å². The molecule has 2 aliphatic rings. The number of methoxy groups -OCH3 is 2. The second kappa shape index (κ2) is 10.3. The Morgan fingerprint density at radius 1 is 1.10 bits per heavy atom. The van der Waals surface area contributed by atoms with E-state index in [9.17, 15) is 9.59 Å². The molecule has 0 saturated carbocycles. The first-order chi connectivity index (χ1) is 14.1. The molecule has 29 heavy (non-hydrogen) atoms. The molecular weight excluding hydrogens is 368 g/mol. The van der Waals surface area contributed by atoms with Gasteiger partial charge in [-0.15, -0.1) is 0 Å². The molecule has 6 nitrogen and oxygen atoms in total. The quantitative estimate of drug-likeness (QED) is 0.711. The van der Waals surface area contributed by atoms with E-state index < -0.39 is 0 Å². The zero-order valence-electron chi connectivity index (χ0n) is 17.5. The Morgan fingerprint density at radius 3 is 2.38 bits per heavy atom. The Bertz CT molecular complexity index is 729. The molecule has 1 aromatic rings. The van der Waals surface area contributed by atoms with Gasteiger partial charge in [-0.1, -0.05) is 17.7 Å². The molecule has 2 amide bonds. The van der Waals surface area contributed by atoms with E-state index in [-0.39, 0.29) is 17.7 Å². The minimum Gasteiger partial charge on any atom is -0.496 e. The lowest BCUT2D eigenvalue weighted by molar-refractivity contribution is -0.126. The van der Waals surface area contributed by atoms with Gasteiger partial charge in [-0.05, 0) is 57.1 Å². The zero-order chi connectivity index (χ0) is 20.6. The Kier molecular flexibility index (Phi) is 7.55. The van der Waals surface area contributed by atoms with Gasteiger partial charge in [0.2, 0.25) is 5.91 Å². The molecular formula is C23H32N2O4. The molecule has 1 heterocycles. The maximum atomic E-state index is 13.0. The lowest BCUT2D eigenvalue weighted by atomic mass is 9.94. The summed E-state index contributed by atoms with van der Waals surface area (Å²) < 4.78 is 10.7. The molecule has 1 aromatic carbocycles. The van der Waals surface area contributed by atoms with E-state index in [4.69, 9.17) is 9.47 Å². The van der Waals surface area contributed by atoms with Crippen molar-refractivity contribution in [3.05, 3.63) is 35.4 Å². The predicted octanol–water partition coefficient (Wildman–Crippen LogP) is 3.56. The van der Waals surface area contributed by atoms with E-state index in [1.165, 1.54) is 31.3 Å². The number of rotatable bonds is 7. The van der Waals surface area contributed by atoms with Gasteiger partial charge in [0, 0.05) is 25.6 Å². The maximum absolute atomic E-state index is 13.0. The Labute approximate surface area is 173 Å². The number of likely N-dealkylation sites (tertiary alicyclic amines) is 1. The molecule has 158 valence electrons. The van der Waals surface area contributed by atoms with Crippen molar-refractivity contribution in [2.45, 2.75) is 44.9 Å². The van der Waals surface area contributed by atoms with Crippen molar-refractivity contribution in [3.8, 4) is 11.5 Å². The van der Waals surface area contributed by atoms with Crippen molar-refractivity contribution in [3.63, 3.8) is 0 Å². The van der Waals surface area contributed by atoms with Gasteiger partial charge in [0.05, 0.1) is 14.2 Å². The van der Waals surface area contributed by atoms with Gasteiger partial charge < -0.3 is 19.7 Å². The topological polar surface area (TPSA) is 67.9 Å². The molecule has 3 rings (SSSR count). The minimum atomic E-state index is -0.109. The minimum absolute atomic E-state index is 0.0288. The standard InChI is InChI=1S/C23H32N2O4/c1-28-19-9-6-10-20(29-2)21(19)23(27)25-15-12-18(13-16-25)22(26)24-14-11-17-7-4-3-5-8-17/h6-7,9-10,18H,3-5,8,11-16H2,1-2H3,(H,24,26). The highest BCUT2D eigenvalue weighted by atomic mass is 16.5. The van der Waals surface area contributed by atoms with Gasteiger partial charge in [-0.2, -0.15) is 0 Å². The molecule has 1 N–H and O–H groups in total. The number of allylic oxidation sites excluding steroid dienone is 1. The molecule has 0 spiro atoms. The highest BCUT2D eigenvalue weighted by Crippen LogP contribution is 2.31. The summed E-state index contributed by atoms with van der Waals surface area (Å²) in [6.45, 7) is 1.83. The second-order valence-electron chi connectivity index (χ2n) is 7.75. The summed E-state index contributed by atoms with van der Waals surface area (Å²) in [5.74, 6) is 0.988. The smallest absolute Gasteiger partial charge is 0.261 e. The molecule has 1 fully saturated rings. The summed E-state index contributed by atoms with van der Waals surface area (Å²) in [4.78, 5) is 27.3. The lowest BCUT2D eigenvalue weighted by Crippen LogP contribution is -2.43. The van der Waals surface area contributed by atoms with Crippen LogP contribution < -0.4 is 14.8 Å². The van der Waals surface area contributed by atoms with Gasteiger partial charge in [-0.25, -0.2) is 0 Å². The van der Waals surface area contributed by atoms with E-state index in [2.05, 4.69) is 11.4 Å². The number of ether oxygens (including phenoxy) is 2. The first-order valence-corrected chi connectivity index (χ1v) is 10.6. The number of piperidine rings is 1. The average Bonchev–Trinajstić information content (AvgIpc) is 2.78. The van der Waals surface area contributed by atoms with E-state index in [1.54, 1.807) is 37.3 Å². The van der Waals surface area contributed by atoms with Crippen molar-refractivity contribution in [2.75, 3.05) is 33.9 Å². The van der Waals surface area contributed by atoms with Gasteiger partial charge >= 0.3 is 0 Å². The third-order valence-electron chi connectivity index (χ3n) is 5.93. The number of hydrogen-bond donors (Lipinski definition) is 1. The molecule has 0 radical (unpaired) electrons. The third kappa shape index (κ3) is 5.31. The first kappa shape index (κ1) is 21.2. The highest BCUT2D eigenvalue weighted by molar-refractivity contribution is 6.00. The van der Waals surface area contributed by atoms with Crippen LogP contribution in [0.5, 0.6) is 11.5 Å². The summed E-state index contributed by atoms with van der Waals surface area (Å²) in [7, 11) is 3.09. The number of nitrogens with one attached hydrogen (secondary N) is 1. The molecule has 0 aromatic heterocycles. The number of nitrogens with zero attached hydrogens (tertiary/aromatic N) is 1. The first-order valence-electron chi connectivity index (χ1n) is 10.6. The monoisotopic (exact) mass is 400 g/mol. The number of amides is 2. The van der Waals surface area contributed by atoms with Crippen LogP contribution in [0.1, 0.15) is 55.3 Å². The van der Waals surface area contributed by atoms with Crippen molar-refractivity contribution < 1.29 is 19.1 Å². The normalized spacial score (nSPS) is 17.4. The van der Waals surface area contributed by atoms with Crippen LogP contribution >= 0.6 is 0 Å². The number of carbonyl (C=O) groups is 2. The molecule has 0 unspecified atom stereocenters. The molecule has 1 aliphatic heterocycles. The predicted molar refractivity (Wildman–Crippen MR) is 112 cm³/mol. The van der Waals surface area contributed by atoms with E-state index >= 15 is 0 Å². The van der Waals surface area contributed by atoms with Crippen LogP contribution in [-0.4, -0.2) is 50.6 Å². The SMILES string of the molecule is COc1cccc(OC)c1C(=O)N1CCC(C(=O)NCCC2=CCCCC2)CC1. The third-order valence-corrected chi connectivity index (χ3v) is 5.93. The van der Waals surface area contributed by atoms with Crippen LogP contribution in [0.3, 0.4) is 0 Å². The fraction of sp³-hybridized carbons (Fsp3) is 0.565. The van der Waals surface area contributed by atoms with Crippen molar-refractivity contribution in [1.82, 2.24) is 10.2 Å². The van der Waals surface area contributed by atoms with E-state index in [0.717, 1.165) is 6.42 Å². The molecule has 6 heteroatoms. The molecule has 0 atom stereocenters. The van der Waals surface area contributed by atoms with Crippen LogP contribution in [0.2, 0.25) is 0 Å². The van der Waals surface area contributed by atoms with Gasteiger partial charge in [-0.3, -0.25) is 9.59 Å². The second-order valence-corrected chi connectivity index (χ2v) is 7.75. The van der Waals surface area contributed by atoms with Crippen LogP contribution in [0, 0.1) is 5.92 Å². The van der Waals surface area contributed by atoms with Crippen LogP contribution in [-0.2, 0) is 4.79 Å².